The van der Waals surface area contributed by atoms with Crippen molar-refractivity contribution in [2.45, 2.75) is 66.3 Å². The van der Waals surface area contributed by atoms with Crippen LogP contribution in [0.4, 0.5) is 0 Å². The second kappa shape index (κ2) is 15.1. The number of aryl methyl sites for hydroxylation is 2. The summed E-state index contributed by atoms with van der Waals surface area (Å²) in [5.41, 5.74) is 1.32. The zero-order valence-electron chi connectivity index (χ0n) is 28.9. The molecule has 0 saturated carbocycles. The molecule has 0 aliphatic rings. The summed E-state index contributed by atoms with van der Waals surface area (Å²) < 4.78 is 43.7. The van der Waals surface area contributed by atoms with Crippen LogP contribution in [0.2, 0.25) is 5.02 Å². The number of sulfone groups is 1. The first-order valence-electron chi connectivity index (χ1n) is 15.5. The Morgan fingerprint density at radius 1 is 0.854 bits per heavy atom. The lowest BCUT2D eigenvalue weighted by Gasteiger charge is -2.23. The first-order chi connectivity index (χ1) is 22.1. The summed E-state index contributed by atoms with van der Waals surface area (Å²) in [7, 11) is -2.30. The van der Waals surface area contributed by atoms with Gasteiger partial charge in [0.25, 0.3) is 5.91 Å². The van der Waals surface area contributed by atoms with Crippen LogP contribution in [0.15, 0.2) is 47.4 Å². The number of carbonyl (C=O) groups is 4. The van der Waals surface area contributed by atoms with Crippen LogP contribution in [0, 0.1) is 23.7 Å². The molecule has 1 N–H and O–H groups in total. The highest BCUT2D eigenvalue weighted by Gasteiger charge is 2.29. The summed E-state index contributed by atoms with van der Waals surface area (Å²) >= 11 is 6.39. The summed E-state index contributed by atoms with van der Waals surface area (Å²) in [5.74, 6) is -3.96. The van der Waals surface area contributed by atoms with Gasteiger partial charge in [0.2, 0.25) is 0 Å². The van der Waals surface area contributed by atoms with Crippen molar-refractivity contribution in [1.29, 1.82) is 0 Å². The largest absolute Gasteiger partial charge is 0.465 e. The quantitative estimate of drug-likeness (QED) is 0.184. The Labute approximate surface area is 287 Å². The lowest BCUT2D eigenvalue weighted by Crippen LogP contribution is -2.32. The molecule has 1 aromatic heterocycles. The lowest BCUT2D eigenvalue weighted by molar-refractivity contribution is -0.161. The van der Waals surface area contributed by atoms with E-state index in [2.05, 4.69) is 5.32 Å². The smallest absolute Gasteiger partial charge is 0.321 e. The summed E-state index contributed by atoms with van der Waals surface area (Å²) in [4.78, 5) is 50.2. The second-order valence-electron chi connectivity index (χ2n) is 14.0. The van der Waals surface area contributed by atoms with Gasteiger partial charge in [0.05, 0.1) is 38.2 Å². The van der Waals surface area contributed by atoms with Gasteiger partial charge in [0.1, 0.15) is 25.5 Å². The Kier molecular flexibility index (Phi) is 12.1. The highest BCUT2D eigenvalue weighted by atomic mass is 35.5. The normalized spacial score (nSPS) is 12.9. The number of nitrogens with zero attached hydrogens (tertiary/aromatic N) is 1. The molecule has 2 aromatic carbocycles. The zero-order chi connectivity index (χ0) is 36.2. The number of halogens is 1. The van der Waals surface area contributed by atoms with Crippen LogP contribution < -0.4 is 5.32 Å². The average Bonchev–Trinajstić information content (AvgIpc) is 3.31. The van der Waals surface area contributed by atoms with Gasteiger partial charge in [-0.15, -0.1) is 0 Å². The molecule has 0 fully saturated rings. The third-order valence-corrected chi connectivity index (χ3v) is 9.41. The average molecular weight is 705 g/mol. The van der Waals surface area contributed by atoms with Gasteiger partial charge >= 0.3 is 17.9 Å². The molecule has 1 heterocycles. The van der Waals surface area contributed by atoms with Crippen molar-refractivity contribution in [2.24, 2.45) is 23.8 Å². The minimum atomic E-state index is -4.08. The molecule has 3 aromatic rings. The number of rotatable bonds is 12. The Balaban J connectivity index is 1.62. The van der Waals surface area contributed by atoms with Crippen molar-refractivity contribution >= 4 is 56.2 Å². The van der Waals surface area contributed by atoms with E-state index in [0.29, 0.717) is 16.3 Å². The molecule has 0 saturated heterocycles. The molecule has 0 aliphatic heterocycles. The number of aromatic nitrogens is 1. The van der Waals surface area contributed by atoms with Crippen LogP contribution in [0.1, 0.15) is 76.1 Å². The first kappa shape index (κ1) is 38.5. The maximum absolute atomic E-state index is 13.1. The van der Waals surface area contributed by atoms with E-state index in [1.165, 1.54) is 12.1 Å². The highest BCUT2D eigenvalue weighted by molar-refractivity contribution is 7.92. The van der Waals surface area contributed by atoms with Crippen molar-refractivity contribution in [1.82, 2.24) is 9.88 Å². The van der Waals surface area contributed by atoms with Crippen molar-refractivity contribution in [2.75, 3.05) is 25.6 Å². The Morgan fingerprint density at radius 3 is 1.90 bits per heavy atom. The highest BCUT2D eigenvalue weighted by Crippen LogP contribution is 2.28. The molecular formula is C35H45ClN2O9S. The molecule has 11 nitrogen and oxygen atoms in total. The maximum Gasteiger partial charge on any atom is 0.321 e. The molecule has 13 heteroatoms. The van der Waals surface area contributed by atoms with Gasteiger partial charge in [-0.1, -0.05) is 23.7 Å². The van der Waals surface area contributed by atoms with Gasteiger partial charge in [-0.3, -0.25) is 19.2 Å². The lowest BCUT2D eigenvalue weighted by atomic mass is 9.97. The van der Waals surface area contributed by atoms with Crippen molar-refractivity contribution in [3.63, 3.8) is 0 Å². The van der Waals surface area contributed by atoms with Gasteiger partial charge in [-0.05, 0) is 96.8 Å². The Morgan fingerprint density at radius 2 is 1.38 bits per heavy atom. The number of amides is 1. The van der Waals surface area contributed by atoms with E-state index in [4.69, 9.17) is 25.8 Å². The van der Waals surface area contributed by atoms with Gasteiger partial charge in [0.15, 0.2) is 15.6 Å². The van der Waals surface area contributed by atoms with Crippen molar-refractivity contribution in [3.8, 4) is 0 Å². The predicted octanol–water partition coefficient (Wildman–Crippen LogP) is 5.74. The number of carbonyl (C=O) groups excluding carboxylic acids is 4. The van der Waals surface area contributed by atoms with Gasteiger partial charge in [-0.25, -0.2) is 8.42 Å². The molecule has 0 bridgehead atoms. The molecule has 0 radical (unpaired) electrons. The fourth-order valence-corrected chi connectivity index (χ4v) is 5.94. The SMILES string of the molecule is Cc1cc(Cl)c2cc(C(=O)N[C@H](C)c3ccc(S(=O)(=O)CC(=O)OCC(COC(=O)C(C)(C)C)COC(=O)C(C)(C)C)cc3)n(C)c2c1. The summed E-state index contributed by atoms with van der Waals surface area (Å²) in [6, 6.07) is 10.9. The van der Waals surface area contributed by atoms with E-state index >= 15 is 0 Å². The number of benzene rings is 2. The Hall–Kier alpha value is -3.90. The molecule has 262 valence electrons. The Bertz CT molecular complexity index is 1750. The van der Waals surface area contributed by atoms with Gasteiger partial charge in [-0.2, -0.15) is 0 Å². The fourth-order valence-electron chi connectivity index (χ4n) is 4.51. The van der Waals surface area contributed by atoms with Crippen LogP contribution in [0.3, 0.4) is 0 Å². The van der Waals surface area contributed by atoms with E-state index in [1.807, 2.05) is 19.1 Å². The van der Waals surface area contributed by atoms with Crippen molar-refractivity contribution in [3.05, 3.63) is 64.3 Å². The number of ether oxygens (including phenoxy) is 3. The number of esters is 3. The predicted molar refractivity (Wildman–Crippen MR) is 182 cm³/mol. The van der Waals surface area contributed by atoms with E-state index in [9.17, 15) is 27.6 Å². The standard InChI is InChI=1S/C35H45ClN2O9S/c1-21-14-27(36)26-16-29(38(9)28(26)15-21)31(40)37-22(2)24-10-12-25(13-11-24)48(43,44)20-30(39)45-17-23(18-46-32(41)34(3,4)5)19-47-33(42)35(6,7)8/h10-16,22-23H,17-20H2,1-9H3,(H,37,40)/t22-/m1/s1. The molecule has 1 atom stereocenters. The fraction of sp³-hybridized carbons (Fsp3) is 0.486. The van der Waals surface area contributed by atoms with Gasteiger partial charge in [0, 0.05) is 12.4 Å². The molecule has 0 spiro atoms. The second-order valence-corrected chi connectivity index (χ2v) is 16.4. The molecule has 1 amide bonds. The molecule has 0 unspecified atom stereocenters. The first-order valence-corrected chi connectivity index (χ1v) is 17.5. The summed E-state index contributed by atoms with van der Waals surface area (Å²) in [5, 5.41) is 4.24. The number of nitrogens with one attached hydrogen (secondary N) is 1. The molecular weight excluding hydrogens is 660 g/mol. The molecule has 48 heavy (non-hydrogen) atoms. The van der Waals surface area contributed by atoms with E-state index < -0.39 is 56.3 Å². The number of hydrogen-bond donors (Lipinski definition) is 1. The van der Waals surface area contributed by atoms with Crippen LogP contribution in [0.5, 0.6) is 0 Å². The minimum Gasteiger partial charge on any atom is -0.465 e. The van der Waals surface area contributed by atoms with E-state index in [0.717, 1.165) is 16.5 Å². The molecule has 0 aliphatic carbocycles. The minimum absolute atomic E-state index is 0.102. The monoisotopic (exact) mass is 704 g/mol. The zero-order valence-corrected chi connectivity index (χ0v) is 30.5. The van der Waals surface area contributed by atoms with Crippen LogP contribution >= 0.6 is 11.6 Å². The number of hydrogen-bond acceptors (Lipinski definition) is 9. The summed E-state index contributed by atoms with van der Waals surface area (Å²) in [6.45, 7) is 13.1. The third kappa shape index (κ3) is 10.1. The van der Waals surface area contributed by atoms with E-state index in [-0.39, 0.29) is 30.6 Å². The third-order valence-electron chi connectivity index (χ3n) is 7.49. The number of fused-ring (bicyclic) bond motifs is 1. The molecule has 3 rings (SSSR count). The van der Waals surface area contributed by atoms with Crippen LogP contribution in [0.25, 0.3) is 10.9 Å². The maximum atomic E-state index is 13.1. The van der Waals surface area contributed by atoms with Crippen LogP contribution in [-0.2, 0) is 45.5 Å². The summed E-state index contributed by atoms with van der Waals surface area (Å²) in [6.07, 6.45) is 0. The van der Waals surface area contributed by atoms with Crippen LogP contribution in [-0.4, -0.2) is 62.4 Å². The van der Waals surface area contributed by atoms with Gasteiger partial charge < -0.3 is 24.1 Å². The van der Waals surface area contributed by atoms with Crippen molar-refractivity contribution < 1.29 is 41.8 Å². The topological polar surface area (TPSA) is 147 Å². The van der Waals surface area contributed by atoms with E-state index in [1.54, 1.807) is 78.3 Å².